The standard InChI is InChI=1S/C50H58N4/c1-35(2)34-53-45-29-21-37(32-43(45)44-33-38(22-30-46(44)53)16-13-31-49(3,4)5)15-12-14-36-19-23-39(24-20-36)47-51-52-48(54(47)42-17-10-9-11-18-42)40-25-27-41(28-26-40)50(6,7)8/h9-11,17-30,32-33,35H,12-16,31,34H2,1-8H3. The molecule has 7 rings (SSSR count). The molecule has 54 heavy (non-hydrogen) atoms. The molecule has 278 valence electrons. The average Bonchev–Trinajstić information content (AvgIpc) is 3.71. The van der Waals surface area contributed by atoms with Gasteiger partial charge >= 0.3 is 0 Å². The first-order valence-corrected chi connectivity index (χ1v) is 20.1. The third kappa shape index (κ3) is 8.39. The molecule has 0 fully saturated rings. The Hall–Kier alpha value is -4.96. The van der Waals surface area contributed by atoms with Crippen molar-refractivity contribution in [2.45, 2.75) is 106 Å². The minimum Gasteiger partial charge on any atom is -0.340 e. The maximum atomic E-state index is 4.75. The Kier molecular flexibility index (Phi) is 10.7. The van der Waals surface area contributed by atoms with Gasteiger partial charge < -0.3 is 4.57 Å². The number of hydrogen-bond donors (Lipinski definition) is 0. The first-order valence-electron chi connectivity index (χ1n) is 20.1. The molecule has 0 saturated carbocycles. The lowest BCUT2D eigenvalue weighted by molar-refractivity contribution is 0.365. The van der Waals surface area contributed by atoms with Gasteiger partial charge in [-0.3, -0.25) is 4.57 Å². The minimum atomic E-state index is 0.0942. The van der Waals surface area contributed by atoms with Crippen LogP contribution in [0.1, 0.15) is 96.9 Å². The van der Waals surface area contributed by atoms with Crippen molar-refractivity contribution in [2.24, 2.45) is 11.3 Å². The molecule has 2 aromatic heterocycles. The lowest BCUT2D eigenvalue weighted by Gasteiger charge is -2.19. The topological polar surface area (TPSA) is 35.6 Å². The van der Waals surface area contributed by atoms with Crippen LogP contribution < -0.4 is 0 Å². The fourth-order valence-corrected chi connectivity index (χ4v) is 7.81. The summed E-state index contributed by atoms with van der Waals surface area (Å²) in [5, 5.41) is 12.3. The first-order chi connectivity index (χ1) is 25.8. The van der Waals surface area contributed by atoms with Gasteiger partial charge in [0.25, 0.3) is 0 Å². The van der Waals surface area contributed by atoms with Crippen LogP contribution in [0.3, 0.4) is 0 Å². The van der Waals surface area contributed by atoms with Crippen LogP contribution in [-0.2, 0) is 31.2 Å². The smallest absolute Gasteiger partial charge is 0.168 e. The Labute approximate surface area is 323 Å². The largest absolute Gasteiger partial charge is 0.340 e. The van der Waals surface area contributed by atoms with Crippen LogP contribution >= 0.6 is 0 Å². The van der Waals surface area contributed by atoms with Gasteiger partial charge in [0.05, 0.1) is 0 Å². The number of aryl methyl sites for hydroxylation is 3. The summed E-state index contributed by atoms with van der Waals surface area (Å²) in [7, 11) is 0. The molecule has 0 spiro atoms. The summed E-state index contributed by atoms with van der Waals surface area (Å²) in [4.78, 5) is 0. The Bertz CT molecular complexity index is 2320. The van der Waals surface area contributed by atoms with Gasteiger partial charge in [-0.1, -0.05) is 134 Å². The van der Waals surface area contributed by atoms with Crippen LogP contribution in [0.25, 0.3) is 50.3 Å². The lowest BCUT2D eigenvalue weighted by atomic mass is 9.86. The van der Waals surface area contributed by atoms with E-state index >= 15 is 0 Å². The zero-order valence-electron chi connectivity index (χ0n) is 33.8. The summed E-state index contributed by atoms with van der Waals surface area (Å²) in [6.07, 6.45) is 6.80. The van der Waals surface area contributed by atoms with Crippen LogP contribution in [-0.4, -0.2) is 19.3 Å². The van der Waals surface area contributed by atoms with Crippen molar-refractivity contribution in [2.75, 3.05) is 0 Å². The molecule has 2 heterocycles. The quantitative estimate of drug-likeness (QED) is 0.126. The van der Waals surface area contributed by atoms with Crippen molar-refractivity contribution in [3.05, 3.63) is 138 Å². The summed E-state index contributed by atoms with van der Waals surface area (Å²) in [5.41, 5.74) is 11.9. The van der Waals surface area contributed by atoms with Gasteiger partial charge in [-0.25, -0.2) is 0 Å². The average molecular weight is 715 g/mol. The van der Waals surface area contributed by atoms with E-state index in [0.717, 1.165) is 60.7 Å². The van der Waals surface area contributed by atoms with Crippen molar-refractivity contribution in [3.63, 3.8) is 0 Å². The summed E-state index contributed by atoms with van der Waals surface area (Å²) in [5.74, 6) is 2.29. The van der Waals surface area contributed by atoms with E-state index in [0.29, 0.717) is 11.3 Å². The van der Waals surface area contributed by atoms with E-state index in [1.807, 2.05) is 0 Å². The number of rotatable bonds is 12. The fourth-order valence-electron chi connectivity index (χ4n) is 7.81. The predicted molar refractivity (Wildman–Crippen MR) is 230 cm³/mol. The SMILES string of the molecule is CC(C)Cn1c2ccc(CCCc3ccc(-c4nnc(-c5ccc(C(C)(C)C)cc5)n4-c4ccccc4)cc3)cc2c2cc(CCCC(C)(C)C)ccc21. The highest BCUT2D eigenvalue weighted by atomic mass is 15.3. The molecule has 7 aromatic rings. The summed E-state index contributed by atoms with van der Waals surface area (Å²) < 4.78 is 4.73. The van der Waals surface area contributed by atoms with Crippen molar-refractivity contribution >= 4 is 21.8 Å². The zero-order chi connectivity index (χ0) is 38.0. The maximum absolute atomic E-state index is 4.75. The number of fused-ring (bicyclic) bond motifs is 3. The highest BCUT2D eigenvalue weighted by Crippen LogP contribution is 2.34. The Morgan fingerprint density at radius 3 is 1.57 bits per heavy atom. The second-order valence-corrected chi connectivity index (χ2v) is 18.0. The van der Waals surface area contributed by atoms with E-state index in [9.17, 15) is 0 Å². The van der Waals surface area contributed by atoms with Crippen LogP contribution in [0.2, 0.25) is 0 Å². The molecule has 4 heteroatoms. The van der Waals surface area contributed by atoms with Crippen molar-refractivity contribution in [3.8, 4) is 28.5 Å². The molecule has 0 aliphatic carbocycles. The fraction of sp³-hybridized carbons (Fsp3) is 0.360. The van der Waals surface area contributed by atoms with Gasteiger partial charge in [-0.15, -0.1) is 10.2 Å². The molecule has 0 bridgehead atoms. The van der Waals surface area contributed by atoms with E-state index in [1.165, 1.54) is 56.9 Å². The summed E-state index contributed by atoms with van der Waals surface area (Å²) in [6.45, 7) is 19.4. The van der Waals surface area contributed by atoms with E-state index in [4.69, 9.17) is 10.2 Å². The molecule has 0 saturated heterocycles. The van der Waals surface area contributed by atoms with Gasteiger partial charge in [0, 0.05) is 45.2 Å². The Morgan fingerprint density at radius 1 is 0.556 bits per heavy atom. The molecule has 0 radical (unpaired) electrons. The Balaban J connectivity index is 1.09. The van der Waals surface area contributed by atoms with Crippen molar-refractivity contribution in [1.82, 2.24) is 19.3 Å². The second-order valence-electron chi connectivity index (χ2n) is 18.0. The van der Waals surface area contributed by atoms with Gasteiger partial charge in [0.1, 0.15) is 0 Å². The van der Waals surface area contributed by atoms with Crippen LogP contribution in [0, 0.1) is 11.3 Å². The van der Waals surface area contributed by atoms with Crippen molar-refractivity contribution in [1.29, 1.82) is 0 Å². The number of nitrogens with zero attached hydrogens (tertiary/aromatic N) is 4. The molecule has 0 unspecified atom stereocenters. The number of hydrogen-bond acceptors (Lipinski definition) is 2. The molecular formula is C50H58N4. The van der Waals surface area contributed by atoms with E-state index in [2.05, 4.69) is 180 Å². The highest BCUT2D eigenvalue weighted by Gasteiger charge is 2.19. The molecule has 5 aromatic carbocycles. The molecule has 0 N–H and O–H groups in total. The number of aromatic nitrogens is 4. The Morgan fingerprint density at radius 2 is 1.06 bits per heavy atom. The van der Waals surface area contributed by atoms with Crippen LogP contribution in [0.15, 0.2) is 115 Å². The van der Waals surface area contributed by atoms with E-state index in [1.54, 1.807) is 0 Å². The van der Waals surface area contributed by atoms with Gasteiger partial charge in [-0.2, -0.15) is 0 Å². The molecular weight excluding hydrogens is 657 g/mol. The maximum Gasteiger partial charge on any atom is 0.168 e. The molecule has 4 nitrogen and oxygen atoms in total. The first kappa shape index (κ1) is 37.4. The van der Waals surface area contributed by atoms with Gasteiger partial charge in [-0.05, 0) is 114 Å². The number of para-hydroxylation sites is 1. The molecule has 0 aliphatic heterocycles. The van der Waals surface area contributed by atoms with Gasteiger partial charge in [0.15, 0.2) is 11.6 Å². The number of benzene rings is 5. The van der Waals surface area contributed by atoms with Crippen LogP contribution in [0.4, 0.5) is 0 Å². The monoisotopic (exact) mass is 714 g/mol. The lowest BCUT2D eigenvalue weighted by Crippen LogP contribution is -2.10. The normalized spacial score (nSPS) is 12.4. The summed E-state index contributed by atoms with van der Waals surface area (Å²) >= 11 is 0. The third-order valence-electron chi connectivity index (χ3n) is 10.8. The van der Waals surface area contributed by atoms with Gasteiger partial charge in [0.2, 0.25) is 0 Å². The minimum absolute atomic E-state index is 0.0942. The molecule has 0 atom stereocenters. The highest BCUT2D eigenvalue weighted by molar-refractivity contribution is 6.08. The van der Waals surface area contributed by atoms with E-state index < -0.39 is 0 Å². The van der Waals surface area contributed by atoms with E-state index in [-0.39, 0.29) is 5.41 Å². The van der Waals surface area contributed by atoms with Crippen molar-refractivity contribution < 1.29 is 0 Å². The molecule has 0 aliphatic rings. The molecule has 0 amide bonds. The predicted octanol–water partition coefficient (Wildman–Crippen LogP) is 13.2. The van der Waals surface area contributed by atoms with Crippen LogP contribution in [0.5, 0.6) is 0 Å². The second kappa shape index (κ2) is 15.4. The summed E-state index contributed by atoms with van der Waals surface area (Å²) in [6, 6.07) is 42.6. The third-order valence-corrected chi connectivity index (χ3v) is 10.8. The zero-order valence-corrected chi connectivity index (χ0v) is 33.8.